The highest BCUT2D eigenvalue weighted by molar-refractivity contribution is 14.0. The molecule has 160 valence electrons. The first-order valence-electron chi connectivity index (χ1n) is 10.6. The highest BCUT2D eigenvalue weighted by atomic mass is 127. The SMILES string of the molecule is CN=C(NCCCN1CC(C)OC(C)C1)NCCOC1CCCCCC1.I. The van der Waals surface area contributed by atoms with Crippen molar-refractivity contribution < 1.29 is 9.47 Å². The zero-order valence-corrected chi connectivity index (χ0v) is 19.9. The van der Waals surface area contributed by atoms with Gasteiger partial charge in [-0.15, -0.1) is 24.0 Å². The van der Waals surface area contributed by atoms with Gasteiger partial charge in [-0.05, 0) is 33.1 Å². The fourth-order valence-corrected chi connectivity index (χ4v) is 4.00. The van der Waals surface area contributed by atoms with Gasteiger partial charge in [-0.2, -0.15) is 0 Å². The van der Waals surface area contributed by atoms with E-state index in [-0.39, 0.29) is 24.0 Å². The van der Waals surface area contributed by atoms with E-state index in [1.807, 2.05) is 7.05 Å². The van der Waals surface area contributed by atoms with Gasteiger partial charge in [0.15, 0.2) is 5.96 Å². The molecule has 6 nitrogen and oxygen atoms in total. The fraction of sp³-hybridized carbons (Fsp3) is 0.950. The van der Waals surface area contributed by atoms with Crippen molar-refractivity contribution in [2.75, 3.05) is 46.4 Å². The number of aliphatic imine (C=N–C) groups is 1. The molecule has 1 saturated carbocycles. The average molecular weight is 496 g/mol. The van der Waals surface area contributed by atoms with Crippen LogP contribution in [-0.4, -0.2) is 75.5 Å². The van der Waals surface area contributed by atoms with Gasteiger partial charge in [0.25, 0.3) is 0 Å². The Balaban J connectivity index is 0.00000364. The molecular formula is C20H41IN4O2. The Morgan fingerprint density at radius 3 is 2.30 bits per heavy atom. The summed E-state index contributed by atoms with van der Waals surface area (Å²) >= 11 is 0. The molecule has 2 atom stereocenters. The third-order valence-electron chi connectivity index (χ3n) is 5.21. The lowest BCUT2D eigenvalue weighted by Crippen LogP contribution is -2.46. The van der Waals surface area contributed by atoms with Crippen LogP contribution in [0.2, 0.25) is 0 Å². The molecule has 7 heteroatoms. The molecule has 1 saturated heterocycles. The number of nitrogens with one attached hydrogen (secondary N) is 2. The van der Waals surface area contributed by atoms with Crippen molar-refractivity contribution in [1.82, 2.24) is 15.5 Å². The standard InChI is InChI=1S/C20H40N4O2.HI/c1-17-15-24(16-18(2)26-17)13-8-11-22-20(21-3)23-12-14-25-19-9-6-4-5-7-10-19;/h17-19H,4-16H2,1-3H3,(H2,21,22,23);1H. The van der Waals surface area contributed by atoms with E-state index in [0.717, 1.165) is 51.7 Å². The van der Waals surface area contributed by atoms with Crippen LogP contribution in [-0.2, 0) is 9.47 Å². The van der Waals surface area contributed by atoms with E-state index < -0.39 is 0 Å². The Hall–Kier alpha value is -0.120. The minimum absolute atomic E-state index is 0. The molecule has 0 amide bonds. The Morgan fingerprint density at radius 1 is 1.04 bits per heavy atom. The number of guanidine groups is 1. The van der Waals surface area contributed by atoms with Gasteiger partial charge in [-0.1, -0.05) is 25.7 Å². The maximum Gasteiger partial charge on any atom is 0.191 e. The lowest BCUT2D eigenvalue weighted by molar-refractivity contribution is -0.0679. The number of halogens is 1. The van der Waals surface area contributed by atoms with Crippen molar-refractivity contribution >= 4 is 29.9 Å². The van der Waals surface area contributed by atoms with Crippen molar-refractivity contribution in [2.45, 2.75) is 77.1 Å². The van der Waals surface area contributed by atoms with Crippen LogP contribution in [0.4, 0.5) is 0 Å². The number of nitrogens with zero attached hydrogens (tertiary/aromatic N) is 2. The normalized spacial score (nSPS) is 25.5. The second kappa shape index (κ2) is 14.8. The van der Waals surface area contributed by atoms with Gasteiger partial charge in [0, 0.05) is 39.8 Å². The molecule has 0 radical (unpaired) electrons. The minimum atomic E-state index is 0. The van der Waals surface area contributed by atoms with Crippen LogP contribution in [0.15, 0.2) is 4.99 Å². The van der Waals surface area contributed by atoms with Crippen LogP contribution in [0.25, 0.3) is 0 Å². The summed E-state index contributed by atoms with van der Waals surface area (Å²) in [7, 11) is 1.83. The summed E-state index contributed by atoms with van der Waals surface area (Å²) in [5.41, 5.74) is 0. The van der Waals surface area contributed by atoms with Crippen LogP contribution in [0.3, 0.4) is 0 Å². The molecule has 0 aromatic carbocycles. The van der Waals surface area contributed by atoms with Crippen molar-refractivity contribution in [3.63, 3.8) is 0 Å². The summed E-state index contributed by atoms with van der Waals surface area (Å²) in [5, 5.41) is 6.76. The zero-order chi connectivity index (χ0) is 18.6. The molecule has 2 N–H and O–H groups in total. The third-order valence-corrected chi connectivity index (χ3v) is 5.21. The number of ether oxygens (including phenoxy) is 2. The van der Waals surface area contributed by atoms with E-state index in [9.17, 15) is 0 Å². The summed E-state index contributed by atoms with van der Waals surface area (Å²) in [4.78, 5) is 6.80. The zero-order valence-electron chi connectivity index (χ0n) is 17.5. The van der Waals surface area contributed by atoms with Gasteiger partial charge in [0.2, 0.25) is 0 Å². The molecular weight excluding hydrogens is 455 g/mol. The third kappa shape index (κ3) is 10.9. The molecule has 2 unspecified atom stereocenters. The van der Waals surface area contributed by atoms with E-state index in [1.54, 1.807) is 0 Å². The predicted octanol–water partition coefficient (Wildman–Crippen LogP) is 3.01. The molecule has 0 aromatic rings. The molecule has 1 aliphatic heterocycles. The molecule has 0 aromatic heterocycles. The lowest BCUT2D eigenvalue weighted by Gasteiger charge is -2.35. The monoisotopic (exact) mass is 496 g/mol. The van der Waals surface area contributed by atoms with Crippen LogP contribution in [0.5, 0.6) is 0 Å². The lowest BCUT2D eigenvalue weighted by atomic mass is 10.1. The second-order valence-electron chi connectivity index (χ2n) is 7.78. The number of morpholine rings is 1. The van der Waals surface area contributed by atoms with E-state index in [2.05, 4.69) is 34.4 Å². The summed E-state index contributed by atoms with van der Waals surface area (Å²) in [5.74, 6) is 0.873. The van der Waals surface area contributed by atoms with Gasteiger partial charge in [0.05, 0.1) is 24.9 Å². The summed E-state index contributed by atoms with van der Waals surface area (Å²) in [6.07, 6.45) is 10.1. The van der Waals surface area contributed by atoms with E-state index in [4.69, 9.17) is 9.47 Å². The predicted molar refractivity (Wildman–Crippen MR) is 123 cm³/mol. The number of hydrogen-bond acceptors (Lipinski definition) is 4. The maximum absolute atomic E-state index is 6.02. The van der Waals surface area contributed by atoms with Gasteiger partial charge >= 0.3 is 0 Å². The summed E-state index contributed by atoms with van der Waals surface area (Å²) in [6.45, 7) is 10.00. The van der Waals surface area contributed by atoms with Crippen molar-refractivity contribution in [2.24, 2.45) is 4.99 Å². The minimum Gasteiger partial charge on any atom is -0.376 e. The van der Waals surface area contributed by atoms with Gasteiger partial charge in [-0.25, -0.2) is 0 Å². The van der Waals surface area contributed by atoms with Crippen LogP contribution in [0.1, 0.15) is 58.8 Å². The first kappa shape index (κ1) is 24.9. The second-order valence-corrected chi connectivity index (χ2v) is 7.78. The Kier molecular flexibility index (Phi) is 13.7. The average Bonchev–Trinajstić information content (AvgIpc) is 2.88. The van der Waals surface area contributed by atoms with E-state index in [1.165, 1.54) is 38.5 Å². The molecule has 0 bridgehead atoms. The molecule has 1 heterocycles. The molecule has 2 rings (SSSR count). The topological polar surface area (TPSA) is 58.1 Å². The van der Waals surface area contributed by atoms with Crippen molar-refractivity contribution in [3.05, 3.63) is 0 Å². The Morgan fingerprint density at radius 2 is 1.67 bits per heavy atom. The first-order chi connectivity index (χ1) is 12.7. The highest BCUT2D eigenvalue weighted by Gasteiger charge is 2.21. The molecule has 2 fully saturated rings. The molecule has 0 spiro atoms. The van der Waals surface area contributed by atoms with Gasteiger partial charge in [-0.3, -0.25) is 9.89 Å². The summed E-state index contributed by atoms with van der Waals surface area (Å²) in [6, 6.07) is 0. The molecule has 2 aliphatic rings. The quantitative estimate of drug-likeness (QED) is 0.178. The Labute approximate surface area is 183 Å². The molecule has 27 heavy (non-hydrogen) atoms. The van der Waals surface area contributed by atoms with Gasteiger partial charge < -0.3 is 20.1 Å². The number of rotatable bonds is 8. The fourth-order valence-electron chi connectivity index (χ4n) is 4.00. The summed E-state index contributed by atoms with van der Waals surface area (Å²) < 4.78 is 11.8. The van der Waals surface area contributed by atoms with Crippen molar-refractivity contribution in [1.29, 1.82) is 0 Å². The molecule has 1 aliphatic carbocycles. The van der Waals surface area contributed by atoms with Crippen LogP contribution in [0, 0.1) is 0 Å². The highest BCUT2D eigenvalue weighted by Crippen LogP contribution is 2.19. The first-order valence-corrected chi connectivity index (χ1v) is 10.6. The largest absolute Gasteiger partial charge is 0.376 e. The van der Waals surface area contributed by atoms with Crippen LogP contribution < -0.4 is 10.6 Å². The Bertz CT molecular complexity index is 393. The van der Waals surface area contributed by atoms with Gasteiger partial charge in [0.1, 0.15) is 0 Å². The van der Waals surface area contributed by atoms with E-state index >= 15 is 0 Å². The van der Waals surface area contributed by atoms with Crippen LogP contribution >= 0.6 is 24.0 Å². The van der Waals surface area contributed by atoms with Crippen molar-refractivity contribution in [3.8, 4) is 0 Å². The number of hydrogen-bond donors (Lipinski definition) is 2. The maximum atomic E-state index is 6.02. The van der Waals surface area contributed by atoms with E-state index in [0.29, 0.717) is 18.3 Å². The smallest absolute Gasteiger partial charge is 0.191 e.